The highest BCUT2D eigenvalue weighted by Crippen LogP contribution is 2.12. The van der Waals surface area contributed by atoms with Gasteiger partial charge in [0.2, 0.25) is 5.91 Å². The summed E-state index contributed by atoms with van der Waals surface area (Å²) in [6.45, 7) is 11.6. The third kappa shape index (κ3) is 6.90. The molecule has 172 valence electrons. The van der Waals surface area contributed by atoms with E-state index in [4.69, 9.17) is 0 Å². The van der Waals surface area contributed by atoms with E-state index in [-0.39, 0.29) is 17.7 Å². The minimum absolute atomic E-state index is 0.0210. The van der Waals surface area contributed by atoms with Crippen molar-refractivity contribution >= 4 is 11.8 Å². The van der Waals surface area contributed by atoms with Gasteiger partial charge in [0.1, 0.15) is 6.04 Å². The van der Waals surface area contributed by atoms with Gasteiger partial charge in [-0.3, -0.25) is 14.5 Å². The molecule has 6 heteroatoms. The Labute approximate surface area is 192 Å². The monoisotopic (exact) mass is 436 g/mol. The molecule has 1 saturated heterocycles. The second-order valence-corrected chi connectivity index (χ2v) is 9.18. The number of nitrogens with zero attached hydrogens (tertiary/aromatic N) is 2. The lowest BCUT2D eigenvalue weighted by molar-refractivity contribution is -0.124. The molecule has 0 bridgehead atoms. The van der Waals surface area contributed by atoms with Crippen molar-refractivity contribution in [3.05, 3.63) is 70.8 Å². The van der Waals surface area contributed by atoms with Gasteiger partial charge in [-0.2, -0.15) is 0 Å². The Kier molecular flexibility index (Phi) is 8.42. The van der Waals surface area contributed by atoms with Crippen molar-refractivity contribution in [2.75, 3.05) is 33.2 Å². The van der Waals surface area contributed by atoms with E-state index in [0.717, 1.165) is 43.9 Å². The van der Waals surface area contributed by atoms with Gasteiger partial charge in [0, 0.05) is 44.8 Å². The first-order chi connectivity index (χ1) is 15.3. The summed E-state index contributed by atoms with van der Waals surface area (Å²) < 4.78 is 0. The molecule has 0 saturated carbocycles. The van der Waals surface area contributed by atoms with Gasteiger partial charge in [-0.25, -0.2) is 0 Å². The molecular weight excluding hydrogens is 400 g/mol. The number of amides is 2. The average molecular weight is 437 g/mol. The molecule has 1 aliphatic heterocycles. The maximum Gasteiger partial charge on any atom is 0.251 e. The number of nitrogens with one attached hydrogen (secondary N) is 2. The van der Waals surface area contributed by atoms with Gasteiger partial charge in [-0.1, -0.05) is 55.8 Å². The zero-order valence-electron chi connectivity index (χ0n) is 19.7. The zero-order chi connectivity index (χ0) is 23.1. The average Bonchev–Trinajstić information content (AvgIpc) is 2.77. The topological polar surface area (TPSA) is 64.7 Å². The molecule has 2 amide bonds. The van der Waals surface area contributed by atoms with E-state index in [1.807, 2.05) is 51.1 Å². The SMILES string of the molecule is Cc1cccc(C(=O)NC(C(=O)NCc2cccc(CN3CCN(C)CC3)c2)C(C)C)c1. The Morgan fingerprint density at radius 2 is 1.66 bits per heavy atom. The molecule has 0 aliphatic carbocycles. The molecular formula is C26H36N4O2. The Morgan fingerprint density at radius 3 is 2.34 bits per heavy atom. The van der Waals surface area contributed by atoms with E-state index >= 15 is 0 Å². The van der Waals surface area contributed by atoms with E-state index in [1.54, 1.807) is 6.07 Å². The van der Waals surface area contributed by atoms with Crippen LogP contribution in [-0.4, -0.2) is 60.9 Å². The summed E-state index contributed by atoms with van der Waals surface area (Å²) in [7, 11) is 2.16. The maximum atomic E-state index is 12.9. The molecule has 1 heterocycles. The van der Waals surface area contributed by atoms with Crippen molar-refractivity contribution in [1.82, 2.24) is 20.4 Å². The Hall–Kier alpha value is -2.70. The number of hydrogen-bond donors (Lipinski definition) is 2. The molecule has 6 nitrogen and oxygen atoms in total. The number of piperazine rings is 1. The van der Waals surface area contributed by atoms with Crippen LogP contribution in [0.2, 0.25) is 0 Å². The van der Waals surface area contributed by atoms with Gasteiger partial charge in [0.05, 0.1) is 0 Å². The van der Waals surface area contributed by atoms with Crippen LogP contribution in [0.5, 0.6) is 0 Å². The highest BCUT2D eigenvalue weighted by molar-refractivity contribution is 5.97. The van der Waals surface area contributed by atoms with Crippen molar-refractivity contribution < 1.29 is 9.59 Å². The van der Waals surface area contributed by atoms with E-state index in [2.05, 4.69) is 39.6 Å². The lowest BCUT2D eigenvalue weighted by Crippen LogP contribution is -2.49. The van der Waals surface area contributed by atoms with Gasteiger partial charge in [-0.15, -0.1) is 0 Å². The van der Waals surface area contributed by atoms with Crippen LogP contribution in [0.4, 0.5) is 0 Å². The van der Waals surface area contributed by atoms with Crippen LogP contribution in [0.1, 0.15) is 40.9 Å². The minimum Gasteiger partial charge on any atom is -0.350 e. The second kappa shape index (κ2) is 11.2. The Morgan fingerprint density at radius 1 is 0.969 bits per heavy atom. The Balaban J connectivity index is 1.56. The first kappa shape index (κ1) is 24.0. The van der Waals surface area contributed by atoms with Crippen LogP contribution in [-0.2, 0) is 17.9 Å². The lowest BCUT2D eigenvalue weighted by Gasteiger charge is -2.32. The number of benzene rings is 2. The largest absolute Gasteiger partial charge is 0.350 e. The van der Waals surface area contributed by atoms with E-state index < -0.39 is 6.04 Å². The standard InChI is InChI=1S/C26H36N4O2/c1-19(2)24(28-25(31)23-10-5-7-20(3)15-23)26(32)27-17-21-8-6-9-22(16-21)18-30-13-11-29(4)12-14-30/h5-10,15-16,19,24H,11-14,17-18H2,1-4H3,(H,27,32)(H,28,31). The molecule has 2 N–H and O–H groups in total. The third-order valence-corrected chi connectivity index (χ3v) is 5.98. The number of hydrogen-bond acceptors (Lipinski definition) is 4. The molecule has 1 atom stereocenters. The molecule has 1 unspecified atom stereocenters. The molecule has 2 aromatic rings. The number of likely N-dealkylation sites (N-methyl/N-ethyl adjacent to an activating group) is 1. The minimum atomic E-state index is -0.587. The van der Waals surface area contributed by atoms with Crippen LogP contribution >= 0.6 is 0 Å². The summed E-state index contributed by atoms with van der Waals surface area (Å²) in [5.41, 5.74) is 3.91. The summed E-state index contributed by atoms with van der Waals surface area (Å²) in [6, 6.07) is 15.2. The fourth-order valence-electron chi connectivity index (χ4n) is 3.95. The summed E-state index contributed by atoms with van der Waals surface area (Å²) in [4.78, 5) is 30.3. The van der Waals surface area contributed by atoms with Crippen molar-refractivity contribution in [3.63, 3.8) is 0 Å². The van der Waals surface area contributed by atoms with Crippen LogP contribution in [0, 0.1) is 12.8 Å². The number of aryl methyl sites for hydroxylation is 1. The summed E-state index contributed by atoms with van der Waals surface area (Å²) in [5.74, 6) is -0.408. The van der Waals surface area contributed by atoms with Gasteiger partial charge < -0.3 is 15.5 Å². The van der Waals surface area contributed by atoms with Crippen molar-refractivity contribution in [1.29, 1.82) is 0 Å². The van der Waals surface area contributed by atoms with E-state index in [0.29, 0.717) is 12.1 Å². The smallest absolute Gasteiger partial charge is 0.251 e. The van der Waals surface area contributed by atoms with Gasteiger partial charge >= 0.3 is 0 Å². The van der Waals surface area contributed by atoms with Crippen LogP contribution < -0.4 is 10.6 Å². The predicted octanol–water partition coefficient (Wildman–Crippen LogP) is 2.81. The predicted molar refractivity (Wildman–Crippen MR) is 128 cm³/mol. The maximum absolute atomic E-state index is 12.9. The molecule has 0 spiro atoms. The van der Waals surface area contributed by atoms with Gasteiger partial charge in [-0.05, 0) is 43.1 Å². The van der Waals surface area contributed by atoms with Crippen molar-refractivity contribution in [3.8, 4) is 0 Å². The Bertz CT molecular complexity index is 920. The number of rotatable bonds is 8. The third-order valence-electron chi connectivity index (χ3n) is 5.98. The van der Waals surface area contributed by atoms with Gasteiger partial charge in [0.25, 0.3) is 5.91 Å². The first-order valence-electron chi connectivity index (χ1n) is 11.5. The van der Waals surface area contributed by atoms with E-state index in [9.17, 15) is 9.59 Å². The van der Waals surface area contributed by atoms with E-state index in [1.165, 1.54) is 5.56 Å². The molecule has 1 fully saturated rings. The summed E-state index contributed by atoms with van der Waals surface area (Å²) in [5, 5.41) is 5.91. The molecule has 1 aliphatic rings. The molecule has 32 heavy (non-hydrogen) atoms. The van der Waals surface area contributed by atoms with Crippen molar-refractivity contribution in [2.24, 2.45) is 5.92 Å². The quantitative estimate of drug-likeness (QED) is 0.668. The number of carbonyl (C=O) groups is 2. The highest BCUT2D eigenvalue weighted by atomic mass is 16.2. The normalized spacial score (nSPS) is 16.0. The number of carbonyl (C=O) groups excluding carboxylic acids is 2. The fourth-order valence-corrected chi connectivity index (χ4v) is 3.95. The van der Waals surface area contributed by atoms with Crippen molar-refractivity contribution in [2.45, 2.75) is 39.9 Å². The molecule has 0 aromatic heterocycles. The molecule has 2 aromatic carbocycles. The highest BCUT2D eigenvalue weighted by Gasteiger charge is 2.24. The summed E-state index contributed by atoms with van der Waals surface area (Å²) >= 11 is 0. The molecule has 0 radical (unpaired) electrons. The zero-order valence-corrected chi connectivity index (χ0v) is 19.7. The summed E-state index contributed by atoms with van der Waals surface area (Å²) in [6.07, 6.45) is 0. The molecule has 3 rings (SSSR count). The van der Waals surface area contributed by atoms with Crippen LogP contribution in [0.25, 0.3) is 0 Å². The van der Waals surface area contributed by atoms with Crippen LogP contribution in [0.3, 0.4) is 0 Å². The van der Waals surface area contributed by atoms with Crippen LogP contribution in [0.15, 0.2) is 48.5 Å². The fraction of sp³-hybridized carbons (Fsp3) is 0.462. The second-order valence-electron chi connectivity index (χ2n) is 9.18. The first-order valence-corrected chi connectivity index (χ1v) is 11.5. The lowest BCUT2D eigenvalue weighted by atomic mass is 10.0. The van der Waals surface area contributed by atoms with Gasteiger partial charge in [0.15, 0.2) is 0 Å².